The van der Waals surface area contributed by atoms with Crippen molar-refractivity contribution in [1.82, 2.24) is 15.5 Å². The first-order valence-electron chi connectivity index (χ1n) is 4.14. The zero-order valence-corrected chi connectivity index (χ0v) is 7.45. The van der Waals surface area contributed by atoms with E-state index in [-0.39, 0.29) is 18.6 Å². The zero-order chi connectivity index (χ0) is 9.68. The maximum absolute atomic E-state index is 11.3. The van der Waals surface area contributed by atoms with Crippen LogP contribution in [0.4, 0.5) is 0 Å². The lowest BCUT2D eigenvalue weighted by Crippen LogP contribution is -2.32. The van der Waals surface area contributed by atoms with E-state index in [0.29, 0.717) is 12.0 Å². The van der Waals surface area contributed by atoms with Gasteiger partial charge in [0.05, 0.1) is 11.8 Å². The summed E-state index contributed by atoms with van der Waals surface area (Å²) in [6, 6.07) is -0.0209. The molecule has 0 aliphatic heterocycles. The molecule has 1 heterocycles. The number of amides is 1. The quantitative estimate of drug-likeness (QED) is 0.610. The number of hydrogen-bond acceptors (Lipinski definition) is 3. The van der Waals surface area contributed by atoms with Crippen LogP contribution in [0.15, 0.2) is 12.4 Å². The molecule has 0 saturated carbocycles. The first kappa shape index (κ1) is 9.73. The van der Waals surface area contributed by atoms with Crippen LogP contribution in [0.25, 0.3) is 0 Å². The monoisotopic (exact) mass is 183 g/mol. The van der Waals surface area contributed by atoms with E-state index in [1.807, 2.05) is 6.92 Å². The minimum absolute atomic E-state index is 0.0209. The fourth-order valence-electron chi connectivity index (χ4n) is 0.948. The standard InChI is InChI=1S/C8H13N3O2/c1-6(2-3-12)11-8(13)7-4-9-10-5-7/h4-6,12H,2-3H2,1H3,(H,9,10)(H,11,13). The number of aromatic nitrogens is 2. The van der Waals surface area contributed by atoms with Crippen LogP contribution >= 0.6 is 0 Å². The molecule has 0 fully saturated rings. The van der Waals surface area contributed by atoms with Crippen molar-refractivity contribution in [2.45, 2.75) is 19.4 Å². The summed E-state index contributed by atoms with van der Waals surface area (Å²) in [5.74, 6) is -0.172. The average molecular weight is 183 g/mol. The molecule has 72 valence electrons. The van der Waals surface area contributed by atoms with Gasteiger partial charge in [-0.05, 0) is 13.3 Å². The van der Waals surface area contributed by atoms with Gasteiger partial charge in [-0.2, -0.15) is 5.10 Å². The molecule has 1 aromatic rings. The SMILES string of the molecule is CC(CCO)NC(=O)c1cn[nH]c1. The molecule has 0 aromatic carbocycles. The lowest BCUT2D eigenvalue weighted by Gasteiger charge is -2.10. The fourth-order valence-corrected chi connectivity index (χ4v) is 0.948. The third-order valence-electron chi connectivity index (χ3n) is 1.70. The van der Waals surface area contributed by atoms with Crippen LogP contribution in [0.2, 0.25) is 0 Å². The van der Waals surface area contributed by atoms with Gasteiger partial charge in [0.15, 0.2) is 0 Å². The minimum Gasteiger partial charge on any atom is -0.396 e. The molecular weight excluding hydrogens is 170 g/mol. The number of nitrogens with one attached hydrogen (secondary N) is 2. The average Bonchev–Trinajstić information content (AvgIpc) is 2.55. The summed E-state index contributed by atoms with van der Waals surface area (Å²) >= 11 is 0. The second kappa shape index (κ2) is 4.61. The van der Waals surface area contributed by atoms with Crippen molar-refractivity contribution in [3.63, 3.8) is 0 Å². The van der Waals surface area contributed by atoms with E-state index >= 15 is 0 Å². The molecule has 0 aliphatic carbocycles. The van der Waals surface area contributed by atoms with Crippen molar-refractivity contribution in [1.29, 1.82) is 0 Å². The molecule has 13 heavy (non-hydrogen) atoms. The smallest absolute Gasteiger partial charge is 0.254 e. The first-order valence-corrected chi connectivity index (χ1v) is 4.14. The highest BCUT2D eigenvalue weighted by Gasteiger charge is 2.09. The van der Waals surface area contributed by atoms with Crippen LogP contribution in [0.3, 0.4) is 0 Å². The summed E-state index contributed by atoms with van der Waals surface area (Å²) in [4.78, 5) is 11.3. The topological polar surface area (TPSA) is 78.0 Å². The van der Waals surface area contributed by atoms with E-state index in [4.69, 9.17) is 5.11 Å². The number of aliphatic hydroxyl groups is 1. The Balaban J connectivity index is 2.42. The summed E-state index contributed by atoms with van der Waals surface area (Å²) < 4.78 is 0. The van der Waals surface area contributed by atoms with E-state index in [0.717, 1.165) is 0 Å². The number of hydrogen-bond donors (Lipinski definition) is 3. The van der Waals surface area contributed by atoms with Gasteiger partial charge in [0.25, 0.3) is 5.91 Å². The van der Waals surface area contributed by atoms with Crippen LogP contribution in [0.1, 0.15) is 23.7 Å². The Morgan fingerprint density at radius 2 is 2.62 bits per heavy atom. The largest absolute Gasteiger partial charge is 0.396 e. The Morgan fingerprint density at radius 1 is 1.85 bits per heavy atom. The summed E-state index contributed by atoms with van der Waals surface area (Å²) in [6.45, 7) is 1.92. The molecule has 0 spiro atoms. The van der Waals surface area contributed by atoms with Crippen molar-refractivity contribution in [3.05, 3.63) is 18.0 Å². The number of rotatable bonds is 4. The first-order chi connectivity index (χ1) is 6.24. The maximum Gasteiger partial charge on any atom is 0.254 e. The van der Waals surface area contributed by atoms with Gasteiger partial charge in [0.2, 0.25) is 0 Å². The second-order valence-electron chi connectivity index (χ2n) is 2.87. The van der Waals surface area contributed by atoms with Gasteiger partial charge in [0.1, 0.15) is 0 Å². The highest BCUT2D eigenvalue weighted by atomic mass is 16.3. The summed E-state index contributed by atoms with van der Waals surface area (Å²) in [7, 11) is 0. The molecule has 3 N–H and O–H groups in total. The van der Waals surface area contributed by atoms with Gasteiger partial charge in [0, 0.05) is 18.8 Å². The van der Waals surface area contributed by atoms with Crippen molar-refractivity contribution < 1.29 is 9.90 Å². The highest BCUT2D eigenvalue weighted by Crippen LogP contribution is 1.96. The molecule has 0 saturated heterocycles. The fraction of sp³-hybridized carbons (Fsp3) is 0.500. The summed E-state index contributed by atoms with van der Waals surface area (Å²) in [5, 5.41) is 17.6. The molecule has 5 heteroatoms. The molecule has 1 aromatic heterocycles. The minimum atomic E-state index is -0.172. The molecule has 0 bridgehead atoms. The van der Waals surface area contributed by atoms with Crippen molar-refractivity contribution in [2.24, 2.45) is 0 Å². The molecule has 1 atom stereocenters. The maximum atomic E-state index is 11.3. The van der Waals surface area contributed by atoms with Gasteiger partial charge in [-0.3, -0.25) is 9.89 Å². The normalized spacial score (nSPS) is 12.5. The number of carbonyl (C=O) groups excluding carboxylic acids is 1. The molecule has 1 amide bonds. The van der Waals surface area contributed by atoms with Gasteiger partial charge in [-0.25, -0.2) is 0 Å². The van der Waals surface area contributed by atoms with Crippen molar-refractivity contribution in [2.75, 3.05) is 6.61 Å². The zero-order valence-electron chi connectivity index (χ0n) is 7.45. The van der Waals surface area contributed by atoms with Gasteiger partial charge < -0.3 is 10.4 Å². The van der Waals surface area contributed by atoms with Crippen molar-refractivity contribution in [3.8, 4) is 0 Å². The number of aromatic amines is 1. The predicted molar refractivity (Wildman–Crippen MR) is 47.2 cm³/mol. The van der Waals surface area contributed by atoms with Gasteiger partial charge in [-0.1, -0.05) is 0 Å². The van der Waals surface area contributed by atoms with E-state index in [1.54, 1.807) is 0 Å². The molecule has 0 aliphatic rings. The van der Waals surface area contributed by atoms with Crippen LogP contribution in [-0.4, -0.2) is 33.9 Å². The predicted octanol–water partition coefficient (Wildman–Crippen LogP) is -0.0896. The Bertz CT molecular complexity index is 258. The number of carbonyl (C=O) groups is 1. The number of H-pyrrole nitrogens is 1. The third-order valence-corrected chi connectivity index (χ3v) is 1.70. The van der Waals surface area contributed by atoms with E-state index < -0.39 is 0 Å². The summed E-state index contributed by atoms with van der Waals surface area (Å²) in [5.41, 5.74) is 0.504. The van der Waals surface area contributed by atoms with Crippen molar-refractivity contribution >= 4 is 5.91 Å². The Hall–Kier alpha value is -1.36. The summed E-state index contributed by atoms with van der Waals surface area (Å²) in [6.07, 6.45) is 3.55. The van der Waals surface area contributed by atoms with Crippen LogP contribution in [0.5, 0.6) is 0 Å². The Labute approximate surface area is 76.2 Å². The van der Waals surface area contributed by atoms with E-state index in [1.165, 1.54) is 12.4 Å². The lowest BCUT2D eigenvalue weighted by molar-refractivity contribution is 0.0934. The molecule has 1 rings (SSSR count). The lowest BCUT2D eigenvalue weighted by atomic mass is 10.2. The van der Waals surface area contributed by atoms with E-state index in [2.05, 4.69) is 15.5 Å². The van der Waals surface area contributed by atoms with Gasteiger partial charge in [-0.15, -0.1) is 0 Å². The Kier molecular flexibility index (Phi) is 3.45. The Morgan fingerprint density at radius 3 is 3.15 bits per heavy atom. The van der Waals surface area contributed by atoms with Gasteiger partial charge >= 0.3 is 0 Å². The van der Waals surface area contributed by atoms with Crippen LogP contribution < -0.4 is 5.32 Å². The molecule has 1 unspecified atom stereocenters. The number of nitrogens with zero attached hydrogens (tertiary/aromatic N) is 1. The molecule has 5 nitrogen and oxygen atoms in total. The van der Waals surface area contributed by atoms with Crippen LogP contribution in [0, 0.1) is 0 Å². The second-order valence-corrected chi connectivity index (χ2v) is 2.87. The van der Waals surface area contributed by atoms with E-state index in [9.17, 15) is 4.79 Å². The highest BCUT2D eigenvalue weighted by molar-refractivity contribution is 5.93. The molecular formula is C8H13N3O2. The number of aliphatic hydroxyl groups excluding tert-OH is 1. The molecule has 0 radical (unpaired) electrons. The third kappa shape index (κ3) is 2.87. The van der Waals surface area contributed by atoms with Crippen LogP contribution in [-0.2, 0) is 0 Å².